The molecule has 0 radical (unpaired) electrons. The Hall–Kier alpha value is -0.810. The van der Waals surface area contributed by atoms with Crippen LogP contribution in [-0.4, -0.2) is 21.8 Å². The smallest absolute Gasteiger partial charge is 0.130 e. The minimum absolute atomic E-state index is 0.0872. The molecule has 2 rings (SSSR count). The van der Waals surface area contributed by atoms with E-state index in [0.29, 0.717) is 11.5 Å². The molecule has 100 valence electrons. The summed E-state index contributed by atoms with van der Waals surface area (Å²) in [6.07, 6.45) is 1.60. The fraction of sp³-hybridized carbons (Fsp3) is 0.538. The van der Waals surface area contributed by atoms with Gasteiger partial charge in [0.2, 0.25) is 0 Å². The van der Waals surface area contributed by atoms with Gasteiger partial charge in [0.05, 0.1) is 0 Å². The fourth-order valence-corrected chi connectivity index (χ4v) is 3.62. The first-order valence-corrected chi connectivity index (χ1v) is 7.61. The Balaban J connectivity index is 2.03. The third kappa shape index (κ3) is 3.14. The zero-order valence-corrected chi connectivity index (χ0v) is 11.1. The van der Waals surface area contributed by atoms with Crippen molar-refractivity contribution >= 4 is 10.8 Å². The van der Waals surface area contributed by atoms with Gasteiger partial charge in [-0.1, -0.05) is 6.07 Å². The maximum Gasteiger partial charge on any atom is 0.130 e. The lowest BCUT2D eigenvalue weighted by molar-refractivity contribution is 0.405. The van der Waals surface area contributed by atoms with Crippen molar-refractivity contribution in [2.75, 3.05) is 11.5 Å². The average molecular weight is 273 g/mol. The van der Waals surface area contributed by atoms with Gasteiger partial charge in [-0.25, -0.2) is 8.78 Å². The van der Waals surface area contributed by atoms with Crippen molar-refractivity contribution in [1.82, 2.24) is 5.32 Å². The number of hydrogen-bond acceptors (Lipinski definition) is 2. The molecule has 0 bridgehead atoms. The number of hydrogen-bond donors (Lipinski definition) is 1. The zero-order valence-electron chi connectivity index (χ0n) is 10.3. The second-order valence-electron chi connectivity index (χ2n) is 4.65. The minimum Gasteiger partial charge on any atom is -0.307 e. The lowest BCUT2D eigenvalue weighted by atomic mass is 10.0. The summed E-state index contributed by atoms with van der Waals surface area (Å²) in [5.74, 6) is 0.303. The van der Waals surface area contributed by atoms with Crippen LogP contribution in [0.25, 0.3) is 0 Å². The van der Waals surface area contributed by atoms with Crippen molar-refractivity contribution in [2.45, 2.75) is 31.8 Å². The van der Waals surface area contributed by atoms with E-state index in [9.17, 15) is 13.0 Å². The van der Waals surface area contributed by atoms with Gasteiger partial charge in [-0.3, -0.25) is 4.21 Å². The highest BCUT2D eigenvalue weighted by molar-refractivity contribution is 7.85. The van der Waals surface area contributed by atoms with Crippen molar-refractivity contribution in [3.05, 3.63) is 35.4 Å². The standard InChI is InChI=1S/C13H17F2NOS/c1-9(13-11(14)3-2-4-12(13)15)16-10-5-7-18(17)8-6-10/h2-4,9-10,16H,5-8H2,1H3. The molecule has 1 saturated heterocycles. The quantitative estimate of drug-likeness (QED) is 0.917. The first kappa shape index (κ1) is 13.6. The van der Waals surface area contributed by atoms with E-state index in [0.717, 1.165) is 12.8 Å². The monoisotopic (exact) mass is 273 g/mol. The topological polar surface area (TPSA) is 29.1 Å². The molecular weight excluding hydrogens is 256 g/mol. The van der Waals surface area contributed by atoms with Crippen molar-refractivity contribution < 1.29 is 13.0 Å². The molecule has 0 aliphatic carbocycles. The third-order valence-corrected chi connectivity index (χ3v) is 4.69. The molecule has 1 aliphatic rings. The summed E-state index contributed by atoms with van der Waals surface area (Å²) >= 11 is 0. The van der Waals surface area contributed by atoms with Crippen molar-refractivity contribution in [3.8, 4) is 0 Å². The normalized spacial score (nSPS) is 25.9. The van der Waals surface area contributed by atoms with Crippen LogP contribution in [0, 0.1) is 11.6 Å². The maximum atomic E-state index is 13.6. The predicted molar refractivity (Wildman–Crippen MR) is 68.8 cm³/mol. The molecule has 0 spiro atoms. The molecule has 1 aliphatic heterocycles. The van der Waals surface area contributed by atoms with Gasteiger partial charge >= 0.3 is 0 Å². The Morgan fingerprint density at radius 3 is 2.39 bits per heavy atom. The molecule has 2 nitrogen and oxygen atoms in total. The lowest BCUT2D eigenvalue weighted by Gasteiger charge is -2.26. The molecule has 0 amide bonds. The van der Waals surface area contributed by atoms with Gasteiger partial charge in [-0.05, 0) is 31.9 Å². The van der Waals surface area contributed by atoms with Crippen molar-refractivity contribution in [1.29, 1.82) is 0 Å². The van der Waals surface area contributed by atoms with Gasteiger partial charge in [0.25, 0.3) is 0 Å². The molecule has 0 saturated carbocycles. The molecule has 1 aromatic rings. The molecule has 5 heteroatoms. The summed E-state index contributed by atoms with van der Waals surface area (Å²) < 4.78 is 38.4. The van der Waals surface area contributed by atoms with E-state index >= 15 is 0 Å². The summed E-state index contributed by atoms with van der Waals surface area (Å²) in [5.41, 5.74) is 0.0872. The van der Waals surface area contributed by atoms with E-state index < -0.39 is 22.4 Å². The fourth-order valence-electron chi connectivity index (χ4n) is 2.32. The maximum absolute atomic E-state index is 13.6. The molecule has 1 unspecified atom stereocenters. The molecule has 1 aromatic carbocycles. The van der Waals surface area contributed by atoms with Crippen molar-refractivity contribution in [2.24, 2.45) is 0 Å². The van der Waals surface area contributed by atoms with Crippen molar-refractivity contribution in [3.63, 3.8) is 0 Å². The lowest BCUT2D eigenvalue weighted by Crippen LogP contribution is -2.37. The Labute approximate surface area is 108 Å². The minimum atomic E-state index is -0.717. The summed E-state index contributed by atoms with van der Waals surface area (Å²) in [5, 5.41) is 3.22. The van der Waals surface area contributed by atoms with Crippen LogP contribution in [0.1, 0.15) is 31.4 Å². The number of rotatable bonds is 3. The Bertz CT molecular complexity index is 422. The Morgan fingerprint density at radius 1 is 1.28 bits per heavy atom. The second kappa shape index (κ2) is 5.89. The van der Waals surface area contributed by atoms with E-state index in [4.69, 9.17) is 0 Å². The molecule has 1 heterocycles. The van der Waals surface area contributed by atoms with E-state index in [1.54, 1.807) is 6.92 Å². The van der Waals surface area contributed by atoms with E-state index in [1.807, 2.05) is 0 Å². The SMILES string of the molecule is CC(NC1CCS(=O)CC1)c1c(F)cccc1F. The van der Waals surface area contributed by atoms with Crippen LogP contribution in [-0.2, 0) is 10.8 Å². The Morgan fingerprint density at radius 2 is 1.83 bits per heavy atom. The summed E-state index contributed by atoms with van der Waals surface area (Å²) in [4.78, 5) is 0. The average Bonchev–Trinajstić information content (AvgIpc) is 2.32. The largest absolute Gasteiger partial charge is 0.307 e. The summed E-state index contributed by atoms with van der Waals surface area (Å²) in [6.45, 7) is 1.76. The summed E-state index contributed by atoms with van der Waals surface area (Å²) in [7, 11) is -0.717. The molecule has 1 N–H and O–H groups in total. The van der Waals surface area contributed by atoms with Gasteiger partial charge in [-0.2, -0.15) is 0 Å². The zero-order chi connectivity index (χ0) is 13.1. The van der Waals surface area contributed by atoms with Gasteiger partial charge in [0.1, 0.15) is 11.6 Å². The predicted octanol–water partition coefficient (Wildman–Crippen LogP) is 2.53. The van der Waals surface area contributed by atoms with E-state index in [-0.39, 0.29) is 17.6 Å². The van der Waals surface area contributed by atoms with Crippen LogP contribution >= 0.6 is 0 Å². The first-order chi connectivity index (χ1) is 8.58. The van der Waals surface area contributed by atoms with Crippen LogP contribution in [0.4, 0.5) is 8.78 Å². The summed E-state index contributed by atoms with van der Waals surface area (Å²) in [6, 6.07) is 3.73. The molecule has 0 aromatic heterocycles. The molecule has 1 atom stereocenters. The highest BCUT2D eigenvalue weighted by atomic mass is 32.2. The van der Waals surface area contributed by atoms with Crippen LogP contribution < -0.4 is 5.32 Å². The van der Waals surface area contributed by atoms with Crippen LogP contribution in [0.5, 0.6) is 0 Å². The van der Waals surface area contributed by atoms with Crippen LogP contribution in [0.2, 0.25) is 0 Å². The Kier molecular flexibility index (Phi) is 4.45. The number of nitrogens with one attached hydrogen (secondary N) is 1. The number of halogens is 2. The van der Waals surface area contributed by atoms with Crippen LogP contribution in [0.3, 0.4) is 0 Å². The van der Waals surface area contributed by atoms with Gasteiger partial charge in [0.15, 0.2) is 0 Å². The third-order valence-electron chi connectivity index (χ3n) is 3.31. The second-order valence-corrected chi connectivity index (χ2v) is 6.34. The molecule has 1 fully saturated rings. The van der Waals surface area contributed by atoms with E-state index in [1.165, 1.54) is 18.2 Å². The molecular formula is C13H17F2NOS. The highest BCUT2D eigenvalue weighted by Gasteiger charge is 2.22. The van der Waals surface area contributed by atoms with Gasteiger partial charge in [0, 0.05) is 40.0 Å². The van der Waals surface area contributed by atoms with Crippen LogP contribution in [0.15, 0.2) is 18.2 Å². The highest BCUT2D eigenvalue weighted by Crippen LogP contribution is 2.22. The van der Waals surface area contributed by atoms with Gasteiger partial charge in [-0.15, -0.1) is 0 Å². The van der Waals surface area contributed by atoms with Gasteiger partial charge < -0.3 is 5.32 Å². The van der Waals surface area contributed by atoms with E-state index in [2.05, 4.69) is 5.32 Å². The molecule has 18 heavy (non-hydrogen) atoms. The first-order valence-electron chi connectivity index (χ1n) is 6.13. The number of benzene rings is 1.